The number of carbonyl (C=O) groups excluding carboxylic acids is 2. The molecule has 0 radical (unpaired) electrons. The van der Waals surface area contributed by atoms with Crippen molar-refractivity contribution in [3.8, 4) is 0 Å². The Hall–Kier alpha value is -1.62. The van der Waals surface area contributed by atoms with Crippen LogP contribution in [0.1, 0.15) is 30.7 Å². The van der Waals surface area contributed by atoms with Gasteiger partial charge in [-0.25, -0.2) is 0 Å². The number of hydrogen-bond donors (Lipinski definition) is 1. The van der Waals surface area contributed by atoms with Crippen molar-refractivity contribution in [2.75, 3.05) is 19.6 Å². The van der Waals surface area contributed by atoms with Crippen LogP contribution in [0.25, 0.3) is 0 Å². The molecule has 1 aromatic rings. The third-order valence-electron chi connectivity index (χ3n) is 4.02. The zero-order valence-corrected chi connectivity index (χ0v) is 14.1. The molecule has 22 heavy (non-hydrogen) atoms. The van der Waals surface area contributed by atoms with Gasteiger partial charge in [-0.3, -0.25) is 9.59 Å². The maximum atomic E-state index is 12.1. The average Bonchev–Trinajstić information content (AvgIpc) is 2.55. The van der Waals surface area contributed by atoms with Crippen LogP contribution in [0.4, 0.5) is 0 Å². The molecule has 1 aliphatic heterocycles. The van der Waals surface area contributed by atoms with E-state index in [9.17, 15) is 9.59 Å². The molecule has 1 aromatic carbocycles. The van der Waals surface area contributed by atoms with E-state index < -0.39 is 0 Å². The Bertz CT molecular complexity index is 551. The van der Waals surface area contributed by atoms with Crippen molar-refractivity contribution < 1.29 is 9.59 Å². The van der Waals surface area contributed by atoms with Crippen LogP contribution < -0.4 is 5.32 Å². The number of carbonyl (C=O) groups is 2. The average molecular weight is 365 g/mol. The number of halogens is 1. The van der Waals surface area contributed by atoms with Crippen LogP contribution in [-0.2, 0) is 9.59 Å². The van der Waals surface area contributed by atoms with Crippen molar-refractivity contribution in [1.29, 1.82) is 0 Å². The van der Waals surface area contributed by atoms with Gasteiger partial charge in [-0.2, -0.15) is 0 Å². The number of rotatable bonds is 5. The molecule has 5 heteroatoms. The highest BCUT2D eigenvalue weighted by Gasteiger charge is 2.24. The SMILES string of the molecule is C=CC(=O)NCCC(=O)N1CCC(c2ccccc2Br)CC1. The molecule has 0 aliphatic carbocycles. The highest BCUT2D eigenvalue weighted by Crippen LogP contribution is 2.32. The number of benzene rings is 1. The maximum absolute atomic E-state index is 12.1. The fourth-order valence-electron chi connectivity index (χ4n) is 2.77. The van der Waals surface area contributed by atoms with Crippen LogP contribution in [0.2, 0.25) is 0 Å². The van der Waals surface area contributed by atoms with E-state index in [1.165, 1.54) is 11.6 Å². The summed E-state index contributed by atoms with van der Waals surface area (Å²) in [5.41, 5.74) is 1.33. The lowest BCUT2D eigenvalue weighted by atomic mass is 9.89. The van der Waals surface area contributed by atoms with Crippen molar-refractivity contribution >= 4 is 27.7 Å². The van der Waals surface area contributed by atoms with Crippen LogP contribution in [0.15, 0.2) is 41.4 Å². The van der Waals surface area contributed by atoms with Gasteiger partial charge in [-0.05, 0) is 36.5 Å². The molecule has 0 unspecified atom stereocenters. The highest BCUT2D eigenvalue weighted by atomic mass is 79.9. The molecule has 2 amide bonds. The second kappa shape index (κ2) is 8.13. The lowest BCUT2D eigenvalue weighted by molar-refractivity contribution is -0.132. The minimum absolute atomic E-state index is 0.106. The first kappa shape index (κ1) is 16.7. The maximum Gasteiger partial charge on any atom is 0.243 e. The van der Waals surface area contributed by atoms with Gasteiger partial charge in [-0.15, -0.1) is 0 Å². The van der Waals surface area contributed by atoms with Crippen LogP contribution >= 0.6 is 15.9 Å². The molecule has 1 aliphatic rings. The lowest BCUT2D eigenvalue weighted by Crippen LogP contribution is -2.39. The van der Waals surface area contributed by atoms with Gasteiger partial charge in [0.2, 0.25) is 11.8 Å². The molecule has 0 atom stereocenters. The van der Waals surface area contributed by atoms with Crippen LogP contribution in [0, 0.1) is 0 Å². The standard InChI is InChI=1S/C17H21BrN2O2/c1-2-16(21)19-10-7-17(22)20-11-8-13(9-12-20)14-5-3-4-6-15(14)18/h2-6,13H,1,7-12H2,(H,19,21). The fourth-order valence-corrected chi connectivity index (χ4v) is 3.38. The number of nitrogens with zero attached hydrogens (tertiary/aromatic N) is 1. The number of likely N-dealkylation sites (tertiary alicyclic amines) is 1. The molecule has 1 heterocycles. The van der Waals surface area contributed by atoms with Gasteiger partial charge in [0.25, 0.3) is 0 Å². The van der Waals surface area contributed by atoms with Crippen molar-refractivity contribution in [2.24, 2.45) is 0 Å². The Morgan fingerprint density at radius 3 is 2.64 bits per heavy atom. The largest absolute Gasteiger partial charge is 0.352 e. The molecule has 1 saturated heterocycles. The molecular weight excluding hydrogens is 344 g/mol. The summed E-state index contributed by atoms with van der Waals surface area (Å²) in [4.78, 5) is 25.1. The fraction of sp³-hybridized carbons (Fsp3) is 0.412. The first-order chi connectivity index (χ1) is 10.6. The number of amides is 2. The number of piperidine rings is 1. The van der Waals surface area contributed by atoms with Gasteiger partial charge in [0, 0.05) is 30.5 Å². The molecule has 0 aromatic heterocycles. The summed E-state index contributed by atoms with van der Waals surface area (Å²) < 4.78 is 1.15. The first-order valence-electron chi connectivity index (χ1n) is 7.54. The van der Waals surface area contributed by atoms with E-state index in [2.05, 4.69) is 46.0 Å². The normalized spacial score (nSPS) is 15.4. The zero-order valence-electron chi connectivity index (χ0n) is 12.6. The first-order valence-corrected chi connectivity index (χ1v) is 8.33. The molecule has 118 valence electrons. The van der Waals surface area contributed by atoms with E-state index in [0.717, 1.165) is 30.4 Å². The molecule has 0 bridgehead atoms. The highest BCUT2D eigenvalue weighted by molar-refractivity contribution is 9.10. The topological polar surface area (TPSA) is 49.4 Å². The minimum atomic E-state index is -0.236. The van der Waals surface area contributed by atoms with Crippen molar-refractivity contribution in [3.63, 3.8) is 0 Å². The van der Waals surface area contributed by atoms with Crippen LogP contribution in [0.3, 0.4) is 0 Å². The Balaban J connectivity index is 1.79. The zero-order chi connectivity index (χ0) is 15.9. The Morgan fingerprint density at radius 2 is 2.00 bits per heavy atom. The van der Waals surface area contributed by atoms with Gasteiger partial charge in [-0.1, -0.05) is 40.7 Å². The quantitative estimate of drug-likeness (QED) is 0.816. The molecule has 1 N–H and O–H groups in total. The predicted molar refractivity (Wildman–Crippen MR) is 90.5 cm³/mol. The van der Waals surface area contributed by atoms with Crippen molar-refractivity contribution in [1.82, 2.24) is 10.2 Å². The molecule has 2 rings (SSSR count). The third-order valence-corrected chi connectivity index (χ3v) is 4.74. The second-order valence-corrected chi connectivity index (χ2v) is 6.28. The second-order valence-electron chi connectivity index (χ2n) is 5.42. The van der Waals surface area contributed by atoms with Gasteiger partial charge in [0.05, 0.1) is 0 Å². The van der Waals surface area contributed by atoms with Gasteiger partial charge >= 0.3 is 0 Å². The molecule has 1 fully saturated rings. The van der Waals surface area contributed by atoms with Crippen molar-refractivity contribution in [2.45, 2.75) is 25.2 Å². The van der Waals surface area contributed by atoms with Crippen molar-refractivity contribution in [3.05, 3.63) is 47.0 Å². The summed E-state index contributed by atoms with van der Waals surface area (Å²) >= 11 is 3.60. The van der Waals surface area contributed by atoms with E-state index >= 15 is 0 Å². The number of hydrogen-bond acceptors (Lipinski definition) is 2. The Morgan fingerprint density at radius 1 is 1.32 bits per heavy atom. The number of nitrogens with one attached hydrogen (secondary N) is 1. The summed E-state index contributed by atoms with van der Waals surface area (Å²) in [7, 11) is 0. The smallest absolute Gasteiger partial charge is 0.243 e. The summed E-state index contributed by atoms with van der Waals surface area (Å²) in [6, 6.07) is 8.29. The summed E-state index contributed by atoms with van der Waals surface area (Å²) in [6.07, 6.45) is 3.52. The van der Waals surface area contributed by atoms with E-state index in [0.29, 0.717) is 18.9 Å². The monoisotopic (exact) mass is 364 g/mol. The van der Waals surface area contributed by atoms with E-state index in [1.54, 1.807) is 0 Å². The summed E-state index contributed by atoms with van der Waals surface area (Å²) in [6.45, 7) is 5.31. The summed E-state index contributed by atoms with van der Waals surface area (Å²) in [5, 5.41) is 2.63. The van der Waals surface area contributed by atoms with E-state index in [4.69, 9.17) is 0 Å². The molecule has 0 saturated carbocycles. The Labute approximate surface area is 139 Å². The van der Waals surface area contributed by atoms with Gasteiger partial charge < -0.3 is 10.2 Å². The van der Waals surface area contributed by atoms with Crippen LogP contribution in [-0.4, -0.2) is 36.3 Å². The van der Waals surface area contributed by atoms with E-state index in [1.807, 2.05) is 11.0 Å². The summed E-state index contributed by atoms with van der Waals surface area (Å²) in [5.74, 6) is 0.371. The molecular formula is C17H21BrN2O2. The van der Waals surface area contributed by atoms with E-state index in [-0.39, 0.29) is 11.8 Å². The van der Waals surface area contributed by atoms with Gasteiger partial charge in [0.15, 0.2) is 0 Å². The molecule has 4 nitrogen and oxygen atoms in total. The van der Waals surface area contributed by atoms with Crippen LogP contribution in [0.5, 0.6) is 0 Å². The van der Waals surface area contributed by atoms with Gasteiger partial charge in [0.1, 0.15) is 0 Å². The minimum Gasteiger partial charge on any atom is -0.352 e. The Kier molecular flexibility index (Phi) is 6.19. The molecule has 0 spiro atoms. The predicted octanol–water partition coefficient (Wildman–Crippen LogP) is 2.85. The lowest BCUT2D eigenvalue weighted by Gasteiger charge is -2.32. The third kappa shape index (κ3) is 4.44.